The Morgan fingerprint density at radius 2 is 1.14 bits per heavy atom. The number of carbonyl (C=O) groups excluding carboxylic acids is 1. The van der Waals surface area contributed by atoms with E-state index in [1.165, 1.54) is 55.5 Å². The van der Waals surface area contributed by atoms with Gasteiger partial charge >= 0.3 is 0 Å². The number of hydrogen-bond acceptors (Lipinski definition) is 7. The Labute approximate surface area is 159 Å². The molecule has 0 radical (unpaired) electrons. The first-order valence-corrected chi connectivity index (χ1v) is 8.37. The molecular weight excluding hydrogens is 364 g/mol. The van der Waals surface area contributed by atoms with Crippen LogP contribution in [0.25, 0.3) is 22.3 Å². The number of aliphatic hydroxyl groups is 1. The van der Waals surface area contributed by atoms with Crippen molar-refractivity contribution in [3.05, 3.63) is 54.1 Å². The monoisotopic (exact) mass is 380 g/mol. The number of phenolic OH excluding ortho intramolecular Hbond substituents is 4. The molecule has 0 amide bonds. The van der Waals surface area contributed by atoms with E-state index in [1.807, 2.05) is 0 Å². The summed E-state index contributed by atoms with van der Waals surface area (Å²) in [4.78, 5) is 12.8. The minimum Gasteiger partial charge on any atom is -0.508 e. The number of rotatable bonds is 2. The highest BCUT2D eigenvalue weighted by atomic mass is 16.6. The zero-order valence-electron chi connectivity index (χ0n) is 14.7. The molecule has 0 aromatic heterocycles. The van der Waals surface area contributed by atoms with Crippen LogP contribution in [0, 0.1) is 0 Å². The Morgan fingerprint density at radius 1 is 0.714 bits per heavy atom. The minimum atomic E-state index is -2.18. The van der Waals surface area contributed by atoms with Crippen LogP contribution >= 0.6 is 0 Å². The lowest BCUT2D eigenvalue weighted by molar-refractivity contribution is -0.0746. The van der Waals surface area contributed by atoms with Gasteiger partial charge in [0.15, 0.2) is 11.5 Å². The average Bonchev–Trinajstić information content (AvgIpc) is 2.88. The second-order valence-corrected chi connectivity index (χ2v) is 6.66. The number of Topliss-reactive ketones (excluding diaryl/α,β-unsaturated/α-hetero) is 1. The fourth-order valence-electron chi connectivity index (χ4n) is 3.30. The van der Waals surface area contributed by atoms with E-state index in [0.717, 1.165) is 0 Å². The van der Waals surface area contributed by atoms with Gasteiger partial charge in [-0.05, 0) is 35.4 Å². The van der Waals surface area contributed by atoms with Crippen molar-refractivity contribution in [1.29, 1.82) is 0 Å². The third-order valence-electron chi connectivity index (χ3n) is 4.66. The molecule has 7 nitrogen and oxygen atoms in total. The summed E-state index contributed by atoms with van der Waals surface area (Å²) in [6.07, 6.45) is 0. The fraction of sp³-hybridized carbons (Fsp3) is 0.0952. The molecule has 3 aromatic rings. The highest BCUT2D eigenvalue weighted by molar-refractivity contribution is 6.15. The van der Waals surface area contributed by atoms with E-state index in [-0.39, 0.29) is 33.9 Å². The van der Waals surface area contributed by atoms with Crippen LogP contribution in [0.2, 0.25) is 0 Å². The predicted molar refractivity (Wildman–Crippen MR) is 99.6 cm³/mol. The van der Waals surface area contributed by atoms with Crippen molar-refractivity contribution in [3.63, 3.8) is 0 Å². The molecule has 1 atom stereocenters. The molecule has 1 aliphatic heterocycles. The van der Waals surface area contributed by atoms with Crippen molar-refractivity contribution in [2.45, 2.75) is 12.7 Å². The SMILES string of the molecule is CC1(O)Oc2c(c(-c3ccc(O)cc3)c(O)c(O)c2-c2ccc(O)cc2)C1=O. The summed E-state index contributed by atoms with van der Waals surface area (Å²) >= 11 is 0. The first-order chi connectivity index (χ1) is 13.2. The van der Waals surface area contributed by atoms with Gasteiger partial charge in [0.05, 0.1) is 11.1 Å². The van der Waals surface area contributed by atoms with Gasteiger partial charge in [-0.1, -0.05) is 24.3 Å². The maximum absolute atomic E-state index is 12.8. The number of phenols is 4. The van der Waals surface area contributed by atoms with Crippen molar-refractivity contribution >= 4 is 5.78 Å². The normalized spacial score (nSPS) is 18.0. The molecular formula is C21H16O7. The van der Waals surface area contributed by atoms with Crippen molar-refractivity contribution in [2.24, 2.45) is 0 Å². The largest absolute Gasteiger partial charge is 0.508 e. The number of carbonyl (C=O) groups is 1. The van der Waals surface area contributed by atoms with Crippen molar-refractivity contribution in [3.8, 4) is 51.0 Å². The summed E-state index contributed by atoms with van der Waals surface area (Å²) < 4.78 is 5.47. The molecule has 0 saturated heterocycles. The molecule has 5 N–H and O–H groups in total. The molecule has 28 heavy (non-hydrogen) atoms. The molecule has 0 aliphatic carbocycles. The van der Waals surface area contributed by atoms with Crippen LogP contribution in [-0.2, 0) is 0 Å². The molecule has 3 aromatic carbocycles. The van der Waals surface area contributed by atoms with Crippen molar-refractivity contribution < 1.29 is 35.1 Å². The number of benzene rings is 3. The Kier molecular flexibility index (Phi) is 3.73. The third-order valence-corrected chi connectivity index (χ3v) is 4.66. The van der Waals surface area contributed by atoms with E-state index >= 15 is 0 Å². The van der Waals surface area contributed by atoms with Crippen molar-refractivity contribution in [1.82, 2.24) is 0 Å². The molecule has 1 heterocycles. The summed E-state index contributed by atoms with van der Waals surface area (Å²) in [5.41, 5.74) is 0.617. The highest BCUT2D eigenvalue weighted by Crippen LogP contribution is 2.55. The fourth-order valence-corrected chi connectivity index (χ4v) is 3.30. The third kappa shape index (κ3) is 2.52. The number of fused-ring (bicyclic) bond motifs is 1. The van der Waals surface area contributed by atoms with Crippen LogP contribution in [0.5, 0.6) is 28.7 Å². The maximum atomic E-state index is 12.8. The van der Waals surface area contributed by atoms with Crippen LogP contribution in [-0.4, -0.2) is 37.1 Å². The van der Waals surface area contributed by atoms with Crippen molar-refractivity contribution in [2.75, 3.05) is 0 Å². The quantitative estimate of drug-likeness (QED) is 0.432. The van der Waals surface area contributed by atoms with E-state index < -0.39 is 23.1 Å². The van der Waals surface area contributed by atoms with E-state index in [4.69, 9.17) is 4.74 Å². The lowest BCUT2D eigenvalue weighted by Gasteiger charge is -2.17. The van der Waals surface area contributed by atoms with Gasteiger partial charge in [-0.25, -0.2) is 0 Å². The van der Waals surface area contributed by atoms with Crippen LogP contribution < -0.4 is 4.74 Å². The molecule has 0 bridgehead atoms. The van der Waals surface area contributed by atoms with Crippen LogP contribution in [0.15, 0.2) is 48.5 Å². The van der Waals surface area contributed by atoms with Gasteiger partial charge in [0.1, 0.15) is 17.2 Å². The molecule has 1 unspecified atom stereocenters. The predicted octanol–water partition coefficient (Wildman–Crippen LogP) is 3.13. The molecule has 0 fully saturated rings. The van der Waals surface area contributed by atoms with Gasteiger partial charge < -0.3 is 30.3 Å². The van der Waals surface area contributed by atoms with Gasteiger partial charge in [0, 0.05) is 12.5 Å². The molecule has 0 saturated carbocycles. The summed E-state index contributed by atoms with van der Waals surface area (Å²) in [5, 5.41) is 50.8. The van der Waals surface area contributed by atoms with E-state index in [1.54, 1.807) is 0 Å². The first-order valence-electron chi connectivity index (χ1n) is 8.37. The van der Waals surface area contributed by atoms with E-state index in [9.17, 15) is 30.3 Å². The summed E-state index contributed by atoms with van der Waals surface area (Å²) in [6, 6.07) is 11.4. The van der Waals surface area contributed by atoms with Gasteiger partial charge in [-0.3, -0.25) is 4.79 Å². The van der Waals surface area contributed by atoms with Gasteiger partial charge in [0.25, 0.3) is 5.79 Å². The highest BCUT2D eigenvalue weighted by Gasteiger charge is 2.47. The molecule has 4 rings (SSSR count). The number of ketones is 1. The summed E-state index contributed by atoms with van der Waals surface area (Å²) in [7, 11) is 0. The number of hydrogen-bond donors (Lipinski definition) is 5. The number of ether oxygens (including phenoxy) is 1. The Hall–Kier alpha value is -3.71. The maximum Gasteiger partial charge on any atom is 0.270 e. The molecule has 142 valence electrons. The minimum absolute atomic E-state index is 0.00573. The second-order valence-electron chi connectivity index (χ2n) is 6.66. The zero-order valence-corrected chi connectivity index (χ0v) is 14.7. The Balaban J connectivity index is 2.08. The number of aromatic hydroxyl groups is 4. The van der Waals surface area contributed by atoms with E-state index in [0.29, 0.717) is 11.1 Å². The molecule has 0 spiro atoms. The zero-order chi connectivity index (χ0) is 20.2. The lowest BCUT2D eigenvalue weighted by Crippen LogP contribution is -2.35. The van der Waals surface area contributed by atoms with Crippen LogP contribution in [0.1, 0.15) is 17.3 Å². The van der Waals surface area contributed by atoms with Crippen LogP contribution in [0.4, 0.5) is 0 Å². The van der Waals surface area contributed by atoms with Gasteiger partial charge in [-0.2, -0.15) is 0 Å². The van der Waals surface area contributed by atoms with E-state index in [2.05, 4.69) is 0 Å². The lowest BCUT2D eigenvalue weighted by atomic mass is 9.89. The first kappa shape index (κ1) is 17.7. The Morgan fingerprint density at radius 3 is 1.64 bits per heavy atom. The Bertz CT molecular complexity index is 1100. The summed E-state index contributed by atoms with van der Waals surface area (Å²) in [5.74, 6) is -4.17. The standard InChI is InChI=1S/C21H16O7/c1-21(27)20(26)16-14(10-2-6-12(22)7-3-10)17(24)18(25)15(19(16)28-21)11-4-8-13(23)9-5-11/h2-9,22-25,27H,1H3. The van der Waals surface area contributed by atoms with Gasteiger partial charge in [-0.15, -0.1) is 0 Å². The van der Waals surface area contributed by atoms with Crippen LogP contribution in [0.3, 0.4) is 0 Å². The average molecular weight is 380 g/mol. The molecule has 7 heteroatoms. The second kappa shape index (κ2) is 5.90. The van der Waals surface area contributed by atoms with Gasteiger partial charge in [0.2, 0.25) is 5.78 Å². The summed E-state index contributed by atoms with van der Waals surface area (Å²) in [6.45, 7) is 1.17. The topological polar surface area (TPSA) is 127 Å². The smallest absolute Gasteiger partial charge is 0.270 e. The molecule has 1 aliphatic rings.